The average molecular weight is 250 g/mol. The second-order valence-electron chi connectivity index (χ2n) is 4.71. The van der Waals surface area contributed by atoms with Crippen LogP contribution in [0.3, 0.4) is 0 Å². The number of fused-ring (bicyclic) bond motifs is 1. The van der Waals surface area contributed by atoms with Crippen LogP contribution in [-0.4, -0.2) is 15.7 Å². The lowest BCUT2D eigenvalue weighted by molar-refractivity contribution is 0.111. The maximum absolute atomic E-state index is 10.8. The topological polar surface area (TPSA) is 34.4 Å². The zero-order valence-corrected chi connectivity index (χ0v) is 10.9. The Morgan fingerprint density at radius 2 is 1.95 bits per heavy atom. The van der Waals surface area contributed by atoms with Gasteiger partial charge in [0, 0.05) is 12.4 Å². The minimum absolute atomic E-state index is 0.457. The fourth-order valence-corrected chi connectivity index (χ4v) is 2.29. The third kappa shape index (κ3) is 1.93. The van der Waals surface area contributed by atoms with Gasteiger partial charge in [0.1, 0.15) is 11.3 Å². The number of hydrogen-bond donors (Lipinski definition) is 0. The molecule has 0 aliphatic carbocycles. The lowest BCUT2D eigenvalue weighted by atomic mass is 9.98. The van der Waals surface area contributed by atoms with Crippen LogP contribution in [0.4, 0.5) is 0 Å². The SMILES string of the molecule is Cc1cccc(-c2ccc3nc(C=O)cn3c2)c1C. The van der Waals surface area contributed by atoms with Crippen molar-refractivity contribution in [2.45, 2.75) is 13.8 Å². The maximum Gasteiger partial charge on any atom is 0.170 e. The summed E-state index contributed by atoms with van der Waals surface area (Å²) < 4.78 is 1.89. The number of aromatic nitrogens is 2. The van der Waals surface area contributed by atoms with Crippen LogP contribution in [0.25, 0.3) is 16.8 Å². The van der Waals surface area contributed by atoms with Crippen LogP contribution < -0.4 is 0 Å². The molecular formula is C16H14N2O. The number of benzene rings is 1. The average Bonchev–Trinajstić information content (AvgIpc) is 2.84. The molecule has 0 radical (unpaired) electrons. The molecule has 19 heavy (non-hydrogen) atoms. The highest BCUT2D eigenvalue weighted by Crippen LogP contribution is 2.25. The van der Waals surface area contributed by atoms with E-state index < -0.39 is 0 Å². The van der Waals surface area contributed by atoms with Crippen LogP contribution >= 0.6 is 0 Å². The number of carbonyl (C=O) groups excluding carboxylic acids is 1. The molecule has 3 nitrogen and oxygen atoms in total. The molecule has 0 spiro atoms. The molecule has 3 heteroatoms. The van der Waals surface area contributed by atoms with Gasteiger partial charge in [0.25, 0.3) is 0 Å². The normalized spacial score (nSPS) is 10.8. The van der Waals surface area contributed by atoms with Crippen molar-refractivity contribution in [1.29, 1.82) is 0 Å². The van der Waals surface area contributed by atoms with Crippen molar-refractivity contribution in [2.75, 3.05) is 0 Å². The van der Waals surface area contributed by atoms with E-state index in [1.54, 1.807) is 6.20 Å². The number of hydrogen-bond acceptors (Lipinski definition) is 2. The van der Waals surface area contributed by atoms with Crippen LogP contribution in [0.2, 0.25) is 0 Å². The summed E-state index contributed by atoms with van der Waals surface area (Å²) in [4.78, 5) is 15.0. The first kappa shape index (κ1) is 11.7. The van der Waals surface area contributed by atoms with Crippen molar-refractivity contribution in [3.63, 3.8) is 0 Å². The molecule has 1 aromatic carbocycles. The molecule has 0 fully saturated rings. The zero-order valence-electron chi connectivity index (χ0n) is 10.9. The number of imidazole rings is 1. The molecule has 0 N–H and O–H groups in total. The van der Waals surface area contributed by atoms with E-state index in [0.717, 1.165) is 17.5 Å². The zero-order chi connectivity index (χ0) is 13.4. The van der Waals surface area contributed by atoms with Gasteiger partial charge >= 0.3 is 0 Å². The predicted octanol–water partition coefficient (Wildman–Crippen LogP) is 3.43. The molecule has 2 heterocycles. The van der Waals surface area contributed by atoms with E-state index in [-0.39, 0.29) is 0 Å². The third-order valence-corrected chi connectivity index (χ3v) is 3.51. The molecule has 94 valence electrons. The van der Waals surface area contributed by atoms with Gasteiger partial charge in [-0.1, -0.05) is 18.2 Å². The number of rotatable bonds is 2. The van der Waals surface area contributed by atoms with Crippen LogP contribution in [0.1, 0.15) is 21.6 Å². The Balaban J connectivity index is 2.19. The van der Waals surface area contributed by atoms with Crippen molar-refractivity contribution in [3.05, 3.63) is 59.5 Å². The largest absolute Gasteiger partial charge is 0.306 e. The number of aryl methyl sites for hydroxylation is 1. The standard InChI is InChI=1S/C16H14N2O/c1-11-4-3-5-15(12(11)2)13-6-7-16-17-14(10-19)9-18(16)8-13/h3-10H,1-2H3. The fourth-order valence-electron chi connectivity index (χ4n) is 2.29. The molecule has 0 amide bonds. The molecule has 2 aromatic heterocycles. The Kier molecular flexibility index (Phi) is 2.67. The van der Waals surface area contributed by atoms with Crippen LogP contribution in [-0.2, 0) is 0 Å². The van der Waals surface area contributed by atoms with Gasteiger partial charge in [-0.2, -0.15) is 0 Å². The van der Waals surface area contributed by atoms with Gasteiger partial charge in [0.2, 0.25) is 0 Å². The van der Waals surface area contributed by atoms with Gasteiger partial charge < -0.3 is 4.40 Å². The first-order valence-corrected chi connectivity index (χ1v) is 6.19. The van der Waals surface area contributed by atoms with Crippen LogP contribution in [0.15, 0.2) is 42.7 Å². The molecule has 3 rings (SSSR count). The summed E-state index contributed by atoms with van der Waals surface area (Å²) in [5.41, 5.74) is 6.13. The van der Waals surface area contributed by atoms with E-state index in [4.69, 9.17) is 0 Å². The van der Waals surface area contributed by atoms with Crippen LogP contribution in [0, 0.1) is 13.8 Å². The first-order valence-electron chi connectivity index (χ1n) is 6.19. The van der Waals surface area contributed by atoms with E-state index in [1.165, 1.54) is 16.7 Å². The van der Waals surface area contributed by atoms with Gasteiger partial charge in [0.05, 0.1) is 0 Å². The van der Waals surface area contributed by atoms with E-state index in [2.05, 4.69) is 37.0 Å². The Labute approximate surface area is 111 Å². The summed E-state index contributed by atoms with van der Waals surface area (Å²) in [6.07, 6.45) is 4.53. The minimum atomic E-state index is 0.457. The Bertz CT molecular complexity index is 772. The van der Waals surface area contributed by atoms with Gasteiger partial charge in [-0.3, -0.25) is 4.79 Å². The van der Waals surface area contributed by atoms with Gasteiger partial charge in [0.15, 0.2) is 6.29 Å². The molecule has 0 unspecified atom stereocenters. The van der Waals surface area contributed by atoms with Crippen molar-refractivity contribution >= 4 is 11.9 Å². The second-order valence-corrected chi connectivity index (χ2v) is 4.71. The van der Waals surface area contributed by atoms with Crippen molar-refractivity contribution in [1.82, 2.24) is 9.38 Å². The number of nitrogens with zero attached hydrogens (tertiary/aromatic N) is 2. The Morgan fingerprint density at radius 1 is 1.11 bits per heavy atom. The Hall–Kier alpha value is -2.42. The van der Waals surface area contributed by atoms with Gasteiger partial charge in [-0.05, 0) is 48.2 Å². The molecule has 0 aliphatic rings. The predicted molar refractivity (Wildman–Crippen MR) is 75.5 cm³/mol. The first-order chi connectivity index (χ1) is 9.19. The minimum Gasteiger partial charge on any atom is -0.306 e. The summed E-state index contributed by atoms with van der Waals surface area (Å²) in [7, 11) is 0. The lowest BCUT2D eigenvalue weighted by Crippen LogP contribution is -1.89. The second kappa shape index (κ2) is 4.35. The molecule has 3 aromatic rings. The van der Waals surface area contributed by atoms with E-state index >= 15 is 0 Å². The molecule has 0 atom stereocenters. The van der Waals surface area contributed by atoms with Gasteiger partial charge in [-0.25, -0.2) is 4.98 Å². The monoisotopic (exact) mass is 250 g/mol. The van der Waals surface area contributed by atoms with Gasteiger partial charge in [-0.15, -0.1) is 0 Å². The van der Waals surface area contributed by atoms with E-state index in [9.17, 15) is 4.79 Å². The smallest absolute Gasteiger partial charge is 0.170 e. The summed E-state index contributed by atoms with van der Waals surface area (Å²) >= 11 is 0. The number of carbonyl (C=O) groups is 1. The van der Waals surface area contributed by atoms with Crippen molar-refractivity contribution < 1.29 is 4.79 Å². The van der Waals surface area contributed by atoms with Crippen molar-refractivity contribution in [3.8, 4) is 11.1 Å². The van der Waals surface area contributed by atoms with Crippen molar-refractivity contribution in [2.24, 2.45) is 0 Å². The quantitative estimate of drug-likeness (QED) is 0.653. The van der Waals surface area contributed by atoms with E-state index in [0.29, 0.717) is 5.69 Å². The summed E-state index contributed by atoms with van der Waals surface area (Å²) in [5.74, 6) is 0. The molecule has 0 saturated carbocycles. The summed E-state index contributed by atoms with van der Waals surface area (Å²) in [6, 6.07) is 10.3. The lowest BCUT2D eigenvalue weighted by Gasteiger charge is -2.09. The third-order valence-electron chi connectivity index (χ3n) is 3.51. The highest BCUT2D eigenvalue weighted by Gasteiger charge is 2.06. The summed E-state index contributed by atoms with van der Waals surface area (Å²) in [5, 5.41) is 0. The maximum atomic E-state index is 10.8. The molecular weight excluding hydrogens is 236 g/mol. The Morgan fingerprint density at radius 3 is 2.74 bits per heavy atom. The highest BCUT2D eigenvalue weighted by molar-refractivity contribution is 5.74. The summed E-state index contributed by atoms with van der Waals surface area (Å²) in [6.45, 7) is 4.23. The number of pyridine rings is 1. The molecule has 0 saturated heterocycles. The molecule has 0 bridgehead atoms. The fraction of sp³-hybridized carbons (Fsp3) is 0.125. The van der Waals surface area contributed by atoms with Crippen LogP contribution in [0.5, 0.6) is 0 Å². The highest BCUT2D eigenvalue weighted by atomic mass is 16.1. The number of aldehydes is 1. The molecule has 0 aliphatic heterocycles. The van der Waals surface area contributed by atoms with E-state index in [1.807, 2.05) is 22.7 Å².